The third-order valence-corrected chi connectivity index (χ3v) is 5.19. The van der Waals surface area contributed by atoms with Crippen LogP contribution < -0.4 is 9.64 Å². The van der Waals surface area contributed by atoms with E-state index in [1.54, 1.807) is 12.0 Å². The van der Waals surface area contributed by atoms with Gasteiger partial charge in [0.15, 0.2) is 0 Å². The lowest BCUT2D eigenvalue weighted by Gasteiger charge is -2.36. The normalized spacial score (nSPS) is 14.8. The van der Waals surface area contributed by atoms with E-state index in [2.05, 4.69) is 22.1 Å². The van der Waals surface area contributed by atoms with Crippen molar-refractivity contribution in [2.75, 3.05) is 38.2 Å². The van der Waals surface area contributed by atoms with E-state index in [0.29, 0.717) is 13.1 Å². The van der Waals surface area contributed by atoms with Gasteiger partial charge in [-0.2, -0.15) is 5.10 Å². The van der Waals surface area contributed by atoms with Crippen LogP contribution in [0.4, 0.5) is 10.5 Å². The van der Waals surface area contributed by atoms with Crippen LogP contribution in [0, 0.1) is 0 Å². The second-order valence-corrected chi connectivity index (χ2v) is 8.43. The molecular weight excluding hydrogens is 380 g/mol. The molecule has 4 rings (SSSR count). The molecule has 1 fully saturated rings. The molecule has 0 atom stereocenters. The summed E-state index contributed by atoms with van der Waals surface area (Å²) in [6, 6.07) is 12.1. The Kier molecular flexibility index (Phi) is 5.28. The molecule has 1 amide bonds. The molecule has 158 valence electrons. The molecule has 3 heterocycles. The topological polar surface area (TPSA) is 59.3 Å². The Morgan fingerprint density at radius 3 is 2.47 bits per heavy atom. The van der Waals surface area contributed by atoms with E-state index in [4.69, 9.17) is 9.47 Å². The lowest BCUT2D eigenvalue weighted by molar-refractivity contribution is 0.0240. The van der Waals surface area contributed by atoms with Crippen LogP contribution in [0.25, 0.3) is 16.6 Å². The largest absolute Gasteiger partial charge is 0.496 e. The second kappa shape index (κ2) is 7.89. The van der Waals surface area contributed by atoms with Gasteiger partial charge in [0.25, 0.3) is 0 Å². The first kappa shape index (κ1) is 20.1. The minimum atomic E-state index is -0.476. The van der Waals surface area contributed by atoms with Gasteiger partial charge in [-0.15, -0.1) is 0 Å². The van der Waals surface area contributed by atoms with E-state index in [-0.39, 0.29) is 6.09 Å². The molecule has 2 aromatic heterocycles. The number of anilines is 1. The van der Waals surface area contributed by atoms with Crippen LogP contribution in [0.3, 0.4) is 0 Å². The summed E-state index contributed by atoms with van der Waals surface area (Å²) in [6.45, 7) is 8.42. The first-order valence-electron chi connectivity index (χ1n) is 10.2. The van der Waals surface area contributed by atoms with Crippen molar-refractivity contribution in [2.45, 2.75) is 26.4 Å². The van der Waals surface area contributed by atoms with Crippen LogP contribution >= 0.6 is 0 Å². The summed E-state index contributed by atoms with van der Waals surface area (Å²) < 4.78 is 12.9. The maximum atomic E-state index is 12.3. The fourth-order valence-corrected chi connectivity index (χ4v) is 3.71. The maximum absolute atomic E-state index is 12.3. The summed E-state index contributed by atoms with van der Waals surface area (Å²) in [7, 11) is 1.68. The van der Waals surface area contributed by atoms with E-state index in [1.165, 1.54) is 0 Å². The van der Waals surface area contributed by atoms with Crippen molar-refractivity contribution in [3.8, 4) is 16.9 Å². The van der Waals surface area contributed by atoms with Crippen molar-refractivity contribution < 1.29 is 14.3 Å². The van der Waals surface area contributed by atoms with Crippen molar-refractivity contribution in [2.24, 2.45) is 0 Å². The van der Waals surface area contributed by atoms with Gasteiger partial charge in [0.1, 0.15) is 11.4 Å². The quantitative estimate of drug-likeness (QED) is 0.654. The molecule has 0 unspecified atom stereocenters. The Morgan fingerprint density at radius 1 is 1.03 bits per heavy atom. The summed E-state index contributed by atoms with van der Waals surface area (Å²) in [5, 5.41) is 4.57. The zero-order chi connectivity index (χ0) is 21.3. The number of carbonyl (C=O) groups is 1. The van der Waals surface area contributed by atoms with Crippen molar-refractivity contribution >= 4 is 17.3 Å². The number of fused-ring (bicyclic) bond motifs is 1. The number of hydrogen-bond donors (Lipinski definition) is 0. The Labute approximate surface area is 176 Å². The first-order valence-corrected chi connectivity index (χ1v) is 10.2. The average molecular weight is 409 g/mol. The van der Waals surface area contributed by atoms with Gasteiger partial charge in [-0.1, -0.05) is 24.3 Å². The Morgan fingerprint density at radius 2 is 1.77 bits per heavy atom. The molecule has 1 aromatic carbocycles. The number of benzene rings is 1. The highest BCUT2D eigenvalue weighted by Crippen LogP contribution is 2.31. The number of amides is 1. The molecule has 0 aliphatic carbocycles. The van der Waals surface area contributed by atoms with Crippen molar-refractivity contribution in [1.29, 1.82) is 0 Å². The van der Waals surface area contributed by atoms with Crippen molar-refractivity contribution in [3.63, 3.8) is 0 Å². The maximum Gasteiger partial charge on any atom is 0.410 e. The second-order valence-electron chi connectivity index (χ2n) is 8.43. The van der Waals surface area contributed by atoms with Crippen LogP contribution in [0.1, 0.15) is 20.8 Å². The molecule has 0 N–H and O–H groups in total. The van der Waals surface area contributed by atoms with Gasteiger partial charge < -0.3 is 19.3 Å². The predicted molar refractivity (Wildman–Crippen MR) is 117 cm³/mol. The van der Waals surface area contributed by atoms with Gasteiger partial charge >= 0.3 is 6.09 Å². The molecule has 1 saturated heterocycles. The van der Waals surface area contributed by atoms with Crippen LogP contribution in [-0.4, -0.2) is 59.5 Å². The number of rotatable bonds is 3. The number of nitrogens with zero attached hydrogens (tertiary/aromatic N) is 4. The third-order valence-electron chi connectivity index (χ3n) is 5.19. The Bertz CT molecular complexity index is 1050. The first-order chi connectivity index (χ1) is 14.4. The molecule has 7 nitrogen and oxygen atoms in total. The van der Waals surface area contributed by atoms with E-state index in [1.807, 2.05) is 61.9 Å². The van der Waals surface area contributed by atoms with E-state index < -0.39 is 5.60 Å². The molecule has 1 aliphatic heterocycles. The molecule has 30 heavy (non-hydrogen) atoms. The average Bonchev–Trinajstić information content (AvgIpc) is 3.16. The number of carbonyl (C=O) groups excluding carboxylic acids is 1. The van der Waals surface area contributed by atoms with Crippen LogP contribution in [-0.2, 0) is 4.74 Å². The molecule has 0 spiro atoms. The molecule has 1 aliphatic rings. The fourth-order valence-electron chi connectivity index (χ4n) is 3.71. The molecular formula is C23H28N4O3. The van der Waals surface area contributed by atoms with E-state index >= 15 is 0 Å². The van der Waals surface area contributed by atoms with E-state index in [9.17, 15) is 4.79 Å². The van der Waals surface area contributed by atoms with Gasteiger partial charge in [-0.05, 0) is 32.9 Å². The number of hydrogen-bond acceptors (Lipinski definition) is 5. The van der Waals surface area contributed by atoms with Crippen molar-refractivity contribution in [1.82, 2.24) is 14.5 Å². The van der Waals surface area contributed by atoms with E-state index in [0.717, 1.165) is 41.2 Å². The zero-order valence-electron chi connectivity index (χ0n) is 18.0. The van der Waals surface area contributed by atoms with Crippen LogP contribution in [0.5, 0.6) is 5.75 Å². The lowest BCUT2D eigenvalue weighted by Crippen LogP contribution is -2.50. The molecule has 0 saturated carbocycles. The highest BCUT2D eigenvalue weighted by Gasteiger charge is 2.27. The summed E-state index contributed by atoms with van der Waals surface area (Å²) in [5.74, 6) is 0.836. The van der Waals surface area contributed by atoms with Gasteiger partial charge in [0.2, 0.25) is 0 Å². The van der Waals surface area contributed by atoms with Crippen LogP contribution in [0.2, 0.25) is 0 Å². The molecule has 3 aromatic rings. The summed E-state index contributed by atoms with van der Waals surface area (Å²) in [5.41, 5.74) is 3.72. The fraction of sp³-hybridized carbons (Fsp3) is 0.391. The molecule has 7 heteroatoms. The minimum absolute atomic E-state index is 0.247. The summed E-state index contributed by atoms with van der Waals surface area (Å²) >= 11 is 0. The van der Waals surface area contributed by atoms with Gasteiger partial charge in [-0.3, -0.25) is 0 Å². The minimum Gasteiger partial charge on any atom is -0.496 e. The monoisotopic (exact) mass is 408 g/mol. The third kappa shape index (κ3) is 4.06. The number of piperazine rings is 1. The van der Waals surface area contributed by atoms with Gasteiger partial charge in [0.05, 0.1) is 24.5 Å². The summed E-state index contributed by atoms with van der Waals surface area (Å²) in [4.78, 5) is 16.3. The van der Waals surface area contributed by atoms with Crippen molar-refractivity contribution in [3.05, 3.63) is 48.8 Å². The number of methoxy groups -OCH3 is 1. The summed E-state index contributed by atoms with van der Waals surface area (Å²) in [6.07, 6.45) is 3.67. The smallest absolute Gasteiger partial charge is 0.410 e. The van der Waals surface area contributed by atoms with Gasteiger partial charge in [0, 0.05) is 43.5 Å². The number of para-hydroxylation sites is 1. The standard InChI is InChI=1S/C23H28N4O3/c1-23(2,3)30-22(28)26-13-11-25(12-14-26)20-15-24-27-16-17(9-10-19(20)27)18-7-5-6-8-21(18)29-4/h5-10,15-16H,11-14H2,1-4H3. The number of aromatic nitrogens is 2. The van der Waals surface area contributed by atoms with Crippen LogP contribution in [0.15, 0.2) is 48.8 Å². The predicted octanol–water partition coefficient (Wildman–Crippen LogP) is 4.07. The number of ether oxygens (including phenoxy) is 2. The highest BCUT2D eigenvalue weighted by molar-refractivity contribution is 5.77. The Balaban J connectivity index is 1.51. The molecule has 0 bridgehead atoms. The lowest BCUT2D eigenvalue weighted by atomic mass is 10.1. The SMILES string of the molecule is COc1ccccc1-c1ccc2c(N3CCN(C(=O)OC(C)(C)C)CC3)cnn2c1. The molecule has 0 radical (unpaired) electrons. The van der Waals surface area contributed by atoms with Gasteiger partial charge in [-0.25, -0.2) is 9.31 Å². The Hall–Kier alpha value is -3.22. The number of pyridine rings is 1. The highest BCUT2D eigenvalue weighted by atomic mass is 16.6. The zero-order valence-corrected chi connectivity index (χ0v) is 18.0.